The quantitative estimate of drug-likeness (QED) is 0.890. The van der Waals surface area contributed by atoms with Crippen molar-refractivity contribution in [2.24, 2.45) is 0 Å². The lowest BCUT2D eigenvalue weighted by molar-refractivity contribution is -0.0342. The summed E-state index contributed by atoms with van der Waals surface area (Å²) >= 11 is 0. The van der Waals surface area contributed by atoms with Crippen molar-refractivity contribution in [3.05, 3.63) is 17.1 Å². The summed E-state index contributed by atoms with van der Waals surface area (Å²) in [6, 6.07) is 0. The van der Waals surface area contributed by atoms with Gasteiger partial charge in [-0.05, 0) is 32.2 Å². The second kappa shape index (κ2) is 5.43. The number of morpholine rings is 1. The van der Waals surface area contributed by atoms with Crippen molar-refractivity contribution in [3.63, 3.8) is 0 Å². The molecule has 2 N–H and O–H groups in total. The first-order valence-electron chi connectivity index (χ1n) is 7.27. The Hall–Kier alpha value is -1.20. The van der Waals surface area contributed by atoms with Crippen LogP contribution in [0.1, 0.15) is 43.0 Å². The summed E-state index contributed by atoms with van der Waals surface area (Å²) in [5.41, 5.74) is 8.35. The van der Waals surface area contributed by atoms with E-state index < -0.39 is 0 Å². The largest absolute Gasteiger partial charge is 0.383 e. The zero-order valence-corrected chi connectivity index (χ0v) is 11.6. The number of nitrogens with two attached hydrogens (primary N) is 1. The van der Waals surface area contributed by atoms with Gasteiger partial charge in [-0.2, -0.15) is 0 Å². The van der Waals surface area contributed by atoms with E-state index in [0.717, 1.165) is 62.6 Å². The van der Waals surface area contributed by atoms with Gasteiger partial charge in [0.2, 0.25) is 0 Å². The summed E-state index contributed by atoms with van der Waals surface area (Å²) in [5, 5.41) is 0. The second-order valence-electron chi connectivity index (χ2n) is 5.41. The summed E-state index contributed by atoms with van der Waals surface area (Å²) in [6.07, 6.45) is 4.34. The predicted octanol–water partition coefficient (Wildman–Crippen LogP) is 1.33. The number of hydrogen-bond donors (Lipinski definition) is 1. The van der Waals surface area contributed by atoms with E-state index in [-0.39, 0.29) is 6.10 Å². The van der Waals surface area contributed by atoms with E-state index in [1.807, 2.05) is 0 Å². The van der Waals surface area contributed by atoms with Crippen molar-refractivity contribution < 1.29 is 4.74 Å². The molecule has 19 heavy (non-hydrogen) atoms. The molecule has 0 aromatic carbocycles. The summed E-state index contributed by atoms with van der Waals surface area (Å²) in [6.45, 7) is 5.95. The zero-order chi connectivity index (χ0) is 13.2. The summed E-state index contributed by atoms with van der Waals surface area (Å²) in [5.74, 6) is 1.44. The molecule has 5 heteroatoms. The molecular formula is C14H22N4O. The fourth-order valence-corrected chi connectivity index (χ4v) is 3.00. The lowest BCUT2D eigenvalue weighted by Crippen LogP contribution is -2.39. The predicted molar refractivity (Wildman–Crippen MR) is 73.9 cm³/mol. The molecule has 1 aliphatic carbocycles. The lowest BCUT2D eigenvalue weighted by atomic mass is 10.2. The molecule has 1 unspecified atom stereocenters. The number of anilines is 1. The summed E-state index contributed by atoms with van der Waals surface area (Å²) < 4.78 is 5.83. The molecule has 1 aliphatic heterocycles. The number of hydrogen-bond acceptors (Lipinski definition) is 5. The molecule has 1 saturated heterocycles. The van der Waals surface area contributed by atoms with Crippen molar-refractivity contribution in [2.75, 3.05) is 32.0 Å². The van der Waals surface area contributed by atoms with Gasteiger partial charge in [-0.1, -0.05) is 6.92 Å². The Bertz CT molecular complexity index is 461. The highest BCUT2D eigenvalue weighted by Crippen LogP contribution is 2.27. The van der Waals surface area contributed by atoms with Crippen LogP contribution in [-0.4, -0.2) is 41.1 Å². The fraction of sp³-hybridized carbons (Fsp3) is 0.714. The van der Waals surface area contributed by atoms with Gasteiger partial charge >= 0.3 is 0 Å². The van der Waals surface area contributed by atoms with E-state index in [4.69, 9.17) is 10.5 Å². The SMILES string of the molecule is CCCN1CCOC(c2nc(N)c3c(n2)CCC3)C1. The molecule has 0 bridgehead atoms. The maximum Gasteiger partial charge on any atom is 0.161 e. The van der Waals surface area contributed by atoms with Crippen molar-refractivity contribution in [1.29, 1.82) is 0 Å². The molecular weight excluding hydrogens is 240 g/mol. The van der Waals surface area contributed by atoms with Crippen LogP contribution in [-0.2, 0) is 17.6 Å². The third-order valence-electron chi connectivity index (χ3n) is 3.96. The molecule has 0 radical (unpaired) electrons. The first-order valence-corrected chi connectivity index (χ1v) is 7.27. The molecule has 1 aromatic heterocycles. The van der Waals surface area contributed by atoms with Gasteiger partial charge in [0.1, 0.15) is 11.9 Å². The molecule has 1 fully saturated rings. The minimum Gasteiger partial charge on any atom is -0.383 e. The Kier molecular flexibility index (Phi) is 3.66. The number of aromatic nitrogens is 2. The minimum absolute atomic E-state index is 0.0199. The van der Waals surface area contributed by atoms with Gasteiger partial charge in [-0.25, -0.2) is 9.97 Å². The van der Waals surface area contributed by atoms with Crippen LogP contribution in [0.2, 0.25) is 0 Å². The van der Waals surface area contributed by atoms with Gasteiger partial charge in [0, 0.05) is 24.3 Å². The van der Waals surface area contributed by atoms with E-state index in [1.54, 1.807) is 0 Å². The molecule has 0 spiro atoms. The first-order chi connectivity index (χ1) is 9.28. The van der Waals surface area contributed by atoms with Gasteiger partial charge in [0.15, 0.2) is 5.82 Å². The average Bonchev–Trinajstić information content (AvgIpc) is 2.88. The van der Waals surface area contributed by atoms with Gasteiger partial charge in [-0.3, -0.25) is 4.90 Å². The fourth-order valence-electron chi connectivity index (χ4n) is 3.00. The van der Waals surface area contributed by atoms with Crippen LogP contribution < -0.4 is 5.73 Å². The number of fused-ring (bicyclic) bond motifs is 1. The minimum atomic E-state index is -0.0199. The van der Waals surface area contributed by atoms with Crippen molar-refractivity contribution >= 4 is 5.82 Å². The van der Waals surface area contributed by atoms with Crippen LogP contribution in [0.4, 0.5) is 5.82 Å². The maximum atomic E-state index is 6.05. The molecule has 1 atom stereocenters. The number of rotatable bonds is 3. The van der Waals surface area contributed by atoms with E-state index in [1.165, 1.54) is 6.42 Å². The Labute approximate surface area is 114 Å². The number of nitrogens with zero attached hydrogens (tertiary/aromatic N) is 3. The van der Waals surface area contributed by atoms with Crippen LogP contribution >= 0.6 is 0 Å². The van der Waals surface area contributed by atoms with Crippen LogP contribution in [0.3, 0.4) is 0 Å². The average molecular weight is 262 g/mol. The molecule has 0 amide bonds. The smallest absolute Gasteiger partial charge is 0.161 e. The topological polar surface area (TPSA) is 64.3 Å². The van der Waals surface area contributed by atoms with Crippen molar-refractivity contribution in [3.8, 4) is 0 Å². The highest BCUT2D eigenvalue weighted by Gasteiger charge is 2.26. The number of aryl methyl sites for hydroxylation is 1. The van der Waals surface area contributed by atoms with Gasteiger partial charge in [0.25, 0.3) is 0 Å². The van der Waals surface area contributed by atoms with Crippen molar-refractivity contribution in [2.45, 2.75) is 38.7 Å². The molecule has 1 aromatic rings. The van der Waals surface area contributed by atoms with Crippen LogP contribution in [0.5, 0.6) is 0 Å². The number of nitrogen functional groups attached to an aromatic ring is 1. The van der Waals surface area contributed by atoms with Gasteiger partial charge in [0.05, 0.1) is 6.61 Å². The zero-order valence-electron chi connectivity index (χ0n) is 11.6. The summed E-state index contributed by atoms with van der Waals surface area (Å²) in [4.78, 5) is 11.6. The molecule has 0 saturated carbocycles. The standard InChI is InChI=1S/C14H22N4O/c1-2-6-18-7-8-19-12(9-18)14-16-11-5-3-4-10(11)13(15)17-14/h12H,2-9H2,1H3,(H2,15,16,17). The molecule has 3 rings (SSSR count). The van der Waals surface area contributed by atoms with Crippen LogP contribution in [0, 0.1) is 0 Å². The maximum absolute atomic E-state index is 6.05. The van der Waals surface area contributed by atoms with E-state index in [0.29, 0.717) is 5.82 Å². The van der Waals surface area contributed by atoms with E-state index in [9.17, 15) is 0 Å². The monoisotopic (exact) mass is 262 g/mol. The van der Waals surface area contributed by atoms with Gasteiger partial charge < -0.3 is 10.5 Å². The second-order valence-corrected chi connectivity index (χ2v) is 5.41. The normalized spacial score (nSPS) is 23.5. The molecule has 2 heterocycles. The third-order valence-corrected chi connectivity index (χ3v) is 3.96. The Morgan fingerprint density at radius 2 is 2.26 bits per heavy atom. The van der Waals surface area contributed by atoms with Gasteiger partial charge in [-0.15, -0.1) is 0 Å². The number of ether oxygens (including phenoxy) is 1. The Morgan fingerprint density at radius 1 is 1.37 bits per heavy atom. The Morgan fingerprint density at radius 3 is 3.11 bits per heavy atom. The van der Waals surface area contributed by atoms with E-state index in [2.05, 4.69) is 21.8 Å². The summed E-state index contributed by atoms with van der Waals surface area (Å²) in [7, 11) is 0. The van der Waals surface area contributed by atoms with Crippen molar-refractivity contribution in [1.82, 2.24) is 14.9 Å². The van der Waals surface area contributed by atoms with Crippen LogP contribution in [0.25, 0.3) is 0 Å². The molecule has 5 nitrogen and oxygen atoms in total. The molecule has 2 aliphatic rings. The lowest BCUT2D eigenvalue weighted by Gasteiger charge is -2.32. The first kappa shape index (κ1) is 12.8. The Balaban J connectivity index is 1.80. The highest BCUT2D eigenvalue weighted by molar-refractivity contribution is 5.44. The third kappa shape index (κ3) is 2.58. The molecule has 104 valence electrons. The highest BCUT2D eigenvalue weighted by atomic mass is 16.5. The van der Waals surface area contributed by atoms with Crippen LogP contribution in [0.15, 0.2) is 0 Å². The van der Waals surface area contributed by atoms with E-state index >= 15 is 0 Å².